The minimum absolute atomic E-state index is 0.0154. The number of ether oxygens (including phenoxy) is 1. The van der Waals surface area contributed by atoms with Gasteiger partial charge < -0.3 is 19.7 Å². The smallest absolute Gasteiger partial charge is 0.434 e. The fourth-order valence-corrected chi connectivity index (χ4v) is 5.41. The van der Waals surface area contributed by atoms with E-state index in [1.165, 1.54) is 24.5 Å². The summed E-state index contributed by atoms with van der Waals surface area (Å²) in [5.41, 5.74) is -0.492. The highest BCUT2D eigenvalue weighted by Gasteiger charge is 2.34. The van der Waals surface area contributed by atoms with Crippen LogP contribution in [0.4, 0.5) is 23.8 Å². The number of thiazole rings is 1. The monoisotopic (exact) mass is 617 g/mol. The normalized spacial score (nSPS) is 12.4. The number of hydrogen-bond donors (Lipinski definition) is 3. The number of aliphatic hydroxyl groups is 1. The molecule has 0 aliphatic heterocycles. The number of halogens is 3. The highest BCUT2D eigenvalue weighted by Crippen LogP contribution is 2.39. The number of hydrogen-bond acceptors (Lipinski definition) is 8. The average molecular weight is 618 g/mol. The van der Waals surface area contributed by atoms with Gasteiger partial charge in [0.25, 0.3) is 0 Å². The molecule has 0 fully saturated rings. The largest absolute Gasteiger partial charge is 0.462 e. The van der Waals surface area contributed by atoms with Gasteiger partial charge in [0, 0.05) is 40.8 Å². The molecular formula is C29H30F3N5O5S. The predicted molar refractivity (Wildman–Crippen MR) is 157 cm³/mol. The van der Waals surface area contributed by atoms with Crippen LogP contribution in [-0.4, -0.2) is 51.4 Å². The molecule has 0 aliphatic rings. The molecule has 1 atom stereocenters. The molecule has 14 heteroatoms. The van der Waals surface area contributed by atoms with Gasteiger partial charge in [-0.25, -0.2) is 19.6 Å². The van der Waals surface area contributed by atoms with Crippen LogP contribution in [0.5, 0.6) is 0 Å². The summed E-state index contributed by atoms with van der Waals surface area (Å²) >= 11 is 0.765. The number of rotatable bonds is 9. The maximum Gasteiger partial charge on any atom is 0.434 e. The number of carbonyl (C=O) groups excluding carboxylic acids is 2. The molecule has 3 aromatic heterocycles. The Morgan fingerprint density at radius 1 is 1.16 bits per heavy atom. The molecule has 2 amide bonds. The summed E-state index contributed by atoms with van der Waals surface area (Å²) in [5, 5.41) is 16.3. The van der Waals surface area contributed by atoms with Crippen LogP contribution in [0.2, 0.25) is 0 Å². The number of pyridine rings is 2. The summed E-state index contributed by atoms with van der Waals surface area (Å²) in [6.07, 6.45) is -1.92. The Morgan fingerprint density at radius 3 is 2.51 bits per heavy atom. The first-order chi connectivity index (χ1) is 20.4. The van der Waals surface area contributed by atoms with Crippen molar-refractivity contribution in [3.8, 4) is 21.7 Å². The standard InChI is InChI=1S/C29H30F3N5O5S/c1-5-33-28(41)36-24-10-17(26-35-23(14-43-26)29(30,31)32)19(11-34-24)16-7-8-21-18(9-16)25(39)20(27(40)42-6-2)12-37(21)22(13-38)15(3)4/h7-12,14-15,22,38H,5-6,13H2,1-4H3,(H2,33,34,36,41). The summed E-state index contributed by atoms with van der Waals surface area (Å²) < 4.78 is 47.0. The lowest BCUT2D eigenvalue weighted by molar-refractivity contribution is -0.140. The van der Waals surface area contributed by atoms with E-state index in [4.69, 9.17) is 4.74 Å². The van der Waals surface area contributed by atoms with Gasteiger partial charge in [0.1, 0.15) is 16.4 Å². The zero-order valence-corrected chi connectivity index (χ0v) is 24.6. The van der Waals surface area contributed by atoms with E-state index in [1.54, 1.807) is 30.5 Å². The zero-order chi connectivity index (χ0) is 31.5. The van der Waals surface area contributed by atoms with Crippen molar-refractivity contribution in [2.45, 2.75) is 39.9 Å². The minimum atomic E-state index is -4.67. The van der Waals surface area contributed by atoms with Crippen LogP contribution < -0.4 is 16.1 Å². The zero-order valence-electron chi connectivity index (χ0n) is 23.8. The number of amides is 2. The number of nitrogens with one attached hydrogen (secondary N) is 2. The summed E-state index contributed by atoms with van der Waals surface area (Å²) in [6, 6.07) is 5.19. The fraction of sp³-hybridized carbons (Fsp3) is 0.345. The first-order valence-electron chi connectivity index (χ1n) is 13.4. The highest BCUT2D eigenvalue weighted by atomic mass is 32.1. The molecule has 10 nitrogen and oxygen atoms in total. The predicted octanol–water partition coefficient (Wildman–Crippen LogP) is 5.71. The molecule has 0 saturated carbocycles. The molecule has 4 rings (SSSR count). The van der Waals surface area contributed by atoms with Crippen LogP contribution in [0.15, 0.2) is 46.8 Å². The molecule has 0 bridgehead atoms. The Hall–Kier alpha value is -4.30. The number of benzene rings is 1. The van der Waals surface area contributed by atoms with Crippen molar-refractivity contribution in [3.05, 3.63) is 63.5 Å². The third-order valence-electron chi connectivity index (χ3n) is 6.66. The molecule has 1 unspecified atom stereocenters. The molecule has 0 radical (unpaired) electrons. The number of fused-ring (bicyclic) bond motifs is 1. The molecule has 0 aliphatic carbocycles. The third-order valence-corrected chi connectivity index (χ3v) is 7.54. The number of aliphatic hydroxyl groups excluding tert-OH is 1. The van der Waals surface area contributed by atoms with Gasteiger partial charge >= 0.3 is 18.2 Å². The van der Waals surface area contributed by atoms with Crippen molar-refractivity contribution in [2.75, 3.05) is 25.1 Å². The summed E-state index contributed by atoms with van der Waals surface area (Å²) in [7, 11) is 0. The molecular weight excluding hydrogens is 587 g/mol. The second-order valence-electron chi connectivity index (χ2n) is 9.86. The van der Waals surface area contributed by atoms with Gasteiger partial charge in [-0.2, -0.15) is 13.2 Å². The Morgan fingerprint density at radius 2 is 1.91 bits per heavy atom. The Labute approximate surface area is 248 Å². The van der Waals surface area contributed by atoms with Crippen LogP contribution in [0.1, 0.15) is 49.8 Å². The van der Waals surface area contributed by atoms with Gasteiger partial charge in [-0.15, -0.1) is 11.3 Å². The van der Waals surface area contributed by atoms with Crippen LogP contribution in [-0.2, 0) is 10.9 Å². The molecule has 228 valence electrons. The quantitative estimate of drug-likeness (QED) is 0.205. The molecule has 43 heavy (non-hydrogen) atoms. The summed E-state index contributed by atoms with van der Waals surface area (Å²) in [6.45, 7) is 7.24. The minimum Gasteiger partial charge on any atom is -0.462 e. The molecule has 3 heterocycles. The van der Waals surface area contributed by atoms with E-state index >= 15 is 0 Å². The Kier molecular flexibility index (Phi) is 9.50. The van der Waals surface area contributed by atoms with E-state index in [0.29, 0.717) is 23.2 Å². The van der Waals surface area contributed by atoms with E-state index in [0.717, 1.165) is 16.7 Å². The van der Waals surface area contributed by atoms with Gasteiger partial charge in [-0.3, -0.25) is 10.1 Å². The first kappa shape index (κ1) is 31.6. The van der Waals surface area contributed by atoms with E-state index in [2.05, 4.69) is 20.6 Å². The van der Waals surface area contributed by atoms with Crippen LogP contribution in [0, 0.1) is 5.92 Å². The molecule has 4 aromatic rings. The maximum atomic E-state index is 13.6. The highest BCUT2D eigenvalue weighted by molar-refractivity contribution is 7.13. The van der Waals surface area contributed by atoms with Crippen molar-refractivity contribution in [2.24, 2.45) is 5.92 Å². The summed E-state index contributed by atoms with van der Waals surface area (Å²) in [4.78, 5) is 46.5. The van der Waals surface area contributed by atoms with Crippen LogP contribution in [0.25, 0.3) is 32.6 Å². The lowest BCUT2D eigenvalue weighted by Crippen LogP contribution is -2.28. The Bertz CT molecular complexity index is 1720. The number of urea groups is 1. The lowest BCUT2D eigenvalue weighted by Gasteiger charge is -2.25. The first-order valence-corrected chi connectivity index (χ1v) is 14.3. The van der Waals surface area contributed by atoms with Gasteiger partial charge in [-0.05, 0) is 43.5 Å². The molecule has 3 N–H and O–H groups in total. The van der Waals surface area contributed by atoms with Crippen LogP contribution >= 0.6 is 11.3 Å². The van der Waals surface area contributed by atoms with E-state index in [-0.39, 0.29) is 46.5 Å². The number of anilines is 1. The number of alkyl halides is 3. The summed E-state index contributed by atoms with van der Waals surface area (Å²) in [5.74, 6) is -0.817. The van der Waals surface area contributed by atoms with Gasteiger partial charge in [0.2, 0.25) is 5.43 Å². The van der Waals surface area contributed by atoms with Crippen molar-refractivity contribution in [3.63, 3.8) is 0 Å². The van der Waals surface area contributed by atoms with Gasteiger partial charge in [0.05, 0.1) is 24.8 Å². The second kappa shape index (κ2) is 12.9. The SMILES string of the molecule is CCNC(=O)Nc1cc(-c2nc(C(F)(F)F)cs2)c(-c2ccc3c(c2)c(=O)c(C(=O)OCC)cn3C(CO)C(C)C)cn1. The van der Waals surface area contributed by atoms with Crippen molar-refractivity contribution in [1.82, 2.24) is 19.9 Å². The number of esters is 1. The molecule has 0 spiro atoms. The second-order valence-corrected chi connectivity index (χ2v) is 10.7. The van der Waals surface area contributed by atoms with Gasteiger partial charge in [-0.1, -0.05) is 19.9 Å². The molecule has 1 aromatic carbocycles. The van der Waals surface area contributed by atoms with Gasteiger partial charge in [0.15, 0.2) is 5.69 Å². The number of carbonyl (C=O) groups is 2. The molecule has 0 saturated heterocycles. The van der Waals surface area contributed by atoms with Crippen molar-refractivity contribution >= 4 is 40.1 Å². The average Bonchev–Trinajstić information content (AvgIpc) is 3.46. The number of aromatic nitrogens is 3. The van der Waals surface area contributed by atoms with E-state index in [9.17, 15) is 32.7 Å². The van der Waals surface area contributed by atoms with Crippen molar-refractivity contribution < 1.29 is 32.6 Å². The number of nitrogens with zero attached hydrogens (tertiary/aromatic N) is 3. The lowest BCUT2D eigenvalue weighted by atomic mass is 9.98. The van der Waals surface area contributed by atoms with Crippen LogP contribution in [0.3, 0.4) is 0 Å². The maximum absolute atomic E-state index is 13.6. The van der Waals surface area contributed by atoms with E-state index in [1.807, 2.05) is 13.8 Å². The fourth-order valence-electron chi connectivity index (χ4n) is 4.55. The topological polar surface area (TPSA) is 135 Å². The van der Waals surface area contributed by atoms with Crippen molar-refractivity contribution in [1.29, 1.82) is 0 Å². The Balaban J connectivity index is 1.97. The third kappa shape index (κ3) is 6.70. The van der Waals surface area contributed by atoms with E-state index < -0.39 is 35.3 Å².